The van der Waals surface area contributed by atoms with E-state index in [4.69, 9.17) is 10.00 Å². The number of hydrogen-bond acceptors (Lipinski definition) is 2. The van der Waals surface area contributed by atoms with Gasteiger partial charge in [0, 0.05) is 0 Å². The second kappa shape index (κ2) is 1.76. The van der Waals surface area contributed by atoms with Crippen LogP contribution in [0.15, 0.2) is 12.2 Å². The molecule has 0 bridgehead atoms. The lowest BCUT2D eigenvalue weighted by molar-refractivity contribution is 0.166. The monoisotopic (exact) mass is 95.0 g/mol. The van der Waals surface area contributed by atoms with Gasteiger partial charge in [-0.05, 0) is 6.08 Å². The van der Waals surface area contributed by atoms with Crippen molar-refractivity contribution in [3.63, 3.8) is 0 Å². The molecular formula is C5H5NO. The molecule has 1 aliphatic rings. The van der Waals surface area contributed by atoms with E-state index in [0.29, 0.717) is 6.61 Å². The molecule has 0 aromatic carbocycles. The summed E-state index contributed by atoms with van der Waals surface area (Å²) in [7, 11) is 0. The van der Waals surface area contributed by atoms with Crippen LogP contribution >= 0.6 is 0 Å². The maximum atomic E-state index is 8.14. The molecule has 0 aromatic heterocycles. The highest BCUT2D eigenvalue weighted by atomic mass is 16.5. The van der Waals surface area contributed by atoms with Crippen LogP contribution in [0.2, 0.25) is 0 Å². The van der Waals surface area contributed by atoms with E-state index < -0.39 is 0 Å². The first-order valence-electron chi connectivity index (χ1n) is 2.11. The Morgan fingerprint density at radius 3 is 3.00 bits per heavy atom. The van der Waals surface area contributed by atoms with E-state index in [0.717, 1.165) is 0 Å². The van der Waals surface area contributed by atoms with Gasteiger partial charge in [0.05, 0.1) is 12.7 Å². The minimum absolute atomic E-state index is 0.278. The lowest BCUT2D eigenvalue weighted by atomic mass is 10.4. The van der Waals surface area contributed by atoms with E-state index in [9.17, 15) is 0 Å². The quantitative estimate of drug-likeness (QED) is 0.409. The van der Waals surface area contributed by atoms with Gasteiger partial charge < -0.3 is 4.74 Å². The fourth-order valence-corrected chi connectivity index (χ4v) is 0.474. The van der Waals surface area contributed by atoms with Crippen LogP contribution < -0.4 is 0 Å². The summed E-state index contributed by atoms with van der Waals surface area (Å²) in [6.45, 7) is 0.595. The Bertz CT molecular complexity index is 123. The van der Waals surface area contributed by atoms with Gasteiger partial charge in [-0.2, -0.15) is 5.26 Å². The van der Waals surface area contributed by atoms with Crippen LogP contribution in [-0.2, 0) is 4.74 Å². The Balaban J connectivity index is 2.47. The summed E-state index contributed by atoms with van der Waals surface area (Å²) in [4.78, 5) is 0. The number of ether oxygens (including phenoxy) is 1. The molecule has 1 rings (SSSR count). The van der Waals surface area contributed by atoms with Gasteiger partial charge in [0.25, 0.3) is 0 Å². The highest BCUT2D eigenvalue weighted by Gasteiger charge is 2.04. The Morgan fingerprint density at radius 1 is 1.86 bits per heavy atom. The molecule has 7 heavy (non-hydrogen) atoms. The number of rotatable bonds is 0. The molecule has 0 aliphatic carbocycles. The average molecular weight is 95.1 g/mol. The van der Waals surface area contributed by atoms with Crippen molar-refractivity contribution in [1.29, 1.82) is 5.26 Å². The molecule has 0 spiro atoms. The average Bonchev–Trinajstić information content (AvgIpc) is 2.14. The number of nitriles is 1. The summed E-state index contributed by atoms with van der Waals surface area (Å²) in [6, 6.07) is 1.95. The summed E-state index contributed by atoms with van der Waals surface area (Å²) in [5.74, 6) is 0. The van der Waals surface area contributed by atoms with Crippen molar-refractivity contribution in [2.24, 2.45) is 0 Å². The van der Waals surface area contributed by atoms with Crippen molar-refractivity contribution in [2.45, 2.75) is 6.10 Å². The maximum absolute atomic E-state index is 8.14. The zero-order valence-electron chi connectivity index (χ0n) is 3.79. The van der Waals surface area contributed by atoms with Crippen molar-refractivity contribution in [3.8, 4) is 6.07 Å². The summed E-state index contributed by atoms with van der Waals surface area (Å²) < 4.78 is 4.83. The lowest BCUT2D eigenvalue weighted by Crippen LogP contribution is -1.98. The first-order valence-corrected chi connectivity index (χ1v) is 2.11. The van der Waals surface area contributed by atoms with E-state index >= 15 is 0 Å². The van der Waals surface area contributed by atoms with Crippen molar-refractivity contribution in [3.05, 3.63) is 12.2 Å². The minimum atomic E-state index is -0.278. The molecule has 1 atom stereocenters. The van der Waals surface area contributed by atoms with Gasteiger partial charge in [-0.1, -0.05) is 6.08 Å². The van der Waals surface area contributed by atoms with Crippen molar-refractivity contribution < 1.29 is 4.74 Å². The van der Waals surface area contributed by atoms with Gasteiger partial charge in [0.1, 0.15) is 0 Å². The molecule has 0 radical (unpaired) electrons. The van der Waals surface area contributed by atoms with Gasteiger partial charge in [0.15, 0.2) is 6.10 Å². The molecule has 0 N–H and O–H groups in total. The molecule has 0 amide bonds. The van der Waals surface area contributed by atoms with Crippen LogP contribution in [0.3, 0.4) is 0 Å². The van der Waals surface area contributed by atoms with Crippen LogP contribution in [0.4, 0.5) is 0 Å². The summed E-state index contributed by atoms with van der Waals surface area (Å²) in [5.41, 5.74) is 0. The van der Waals surface area contributed by atoms with Gasteiger partial charge in [-0.15, -0.1) is 0 Å². The molecule has 36 valence electrons. The smallest absolute Gasteiger partial charge is 0.162 e. The maximum Gasteiger partial charge on any atom is 0.162 e. The Kier molecular flexibility index (Phi) is 1.10. The van der Waals surface area contributed by atoms with Crippen LogP contribution in [0.25, 0.3) is 0 Å². The first kappa shape index (κ1) is 4.35. The molecule has 0 saturated heterocycles. The van der Waals surface area contributed by atoms with Crippen LogP contribution in [0.1, 0.15) is 0 Å². The van der Waals surface area contributed by atoms with E-state index in [1.54, 1.807) is 6.08 Å². The molecule has 1 aliphatic heterocycles. The van der Waals surface area contributed by atoms with Crippen molar-refractivity contribution in [1.82, 2.24) is 0 Å². The van der Waals surface area contributed by atoms with E-state index in [-0.39, 0.29) is 6.10 Å². The van der Waals surface area contributed by atoms with Crippen LogP contribution in [-0.4, -0.2) is 12.7 Å². The normalized spacial score (nSPS) is 27.6. The van der Waals surface area contributed by atoms with E-state index in [1.807, 2.05) is 12.1 Å². The standard InChI is InChI=1S/C5H5NO/c6-4-5-2-1-3-7-5/h1-2,5H,3H2. The van der Waals surface area contributed by atoms with Crippen molar-refractivity contribution in [2.75, 3.05) is 6.61 Å². The topological polar surface area (TPSA) is 33.0 Å². The number of nitrogens with zero attached hydrogens (tertiary/aromatic N) is 1. The molecule has 0 aromatic rings. The van der Waals surface area contributed by atoms with Gasteiger partial charge >= 0.3 is 0 Å². The molecule has 1 unspecified atom stereocenters. The van der Waals surface area contributed by atoms with Crippen LogP contribution in [0, 0.1) is 11.3 Å². The minimum Gasteiger partial charge on any atom is -0.355 e. The Labute approximate surface area is 42.0 Å². The Morgan fingerprint density at radius 2 is 2.71 bits per heavy atom. The van der Waals surface area contributed by atoms with Gasteiger partial charge in [-0.25, -0.2) is 0 Å². The first-order chi connectivity index (χ1) is 3.43. The third-order valence-corrected chi connectivity index (χ3v) is 0.810. The molecule has 0 fully saturated rings. The van der Waals surface area contributed by atoms with E-state index in [2.05, 4.69) is 0 Å². The van der Waals surface area contributed by atoms with Gasteiger partial charge in [0.2, 0.25) is 0 Å². The Hall–Kier alpha value is -0.810. The molecule has 0 saturated carbocycles. The molecule has 2 heteroatoms. The van der Waals surface area contributed by atoms with Gasteiger partial charge in [-0.3, -0.25) is 0 Å². The zero-order valence-corrected chi connectivity index (χ0v) is 3.79. The largest absolute Gasteiger partial charge is 0.355 e. The predicted molar refractivity (Wildman–Crippen MR) is 24.5 cm³/mol. The molecule has 2 nitrogen and oxygen atoms in total. The highest BCUT2D eigenvalue weighted by Crippen LogP contribution is 1.99. The summed E-state index contributed by atoms with van der Waals surface area (Å²) in [6.07, 6.45) is 3.31. The third kappa shape index (κ3) is 0.787. The highest BCUT2D eigenvalue weighted by molar-refractivity contribution is 5.06. The van der Waals surface area contributed by atoms with E-state index in [1.165, 1.54) is 0 Å². The SMILES string of the molecule is N#CC1C=CCO1. The fraction of sp³-hybridized carbons (Fsp3) is 0.400. The summed E-state index contributed by atoms with van der Waals surface area (Å²) in [5, 5.41) is 8.14. The fourth-order valence-electron chi connectivity index (χ4n) is 0.474. The third-order valence-electron chi connectivity index (χ3n) is 0.810. The number of hydrogen-bond donors (Lipinski definition) is 0. The second-order valence-electron chi connectivity index (χ2n) is 1.31. The lowest BCUT2D eigenvalue weighted by Gasteiger charge is -1.90. The second-order valence-corrected chi connectivity index (χ2v) is 1.31. The molecular weight excluding hydrogens is 90.1 g/mol. The van der Waals surface area contributed by atoms with Crippen molar-refractivity contribution >= 4 is 0 Å². The summed E-state index contributed by atoms with van der Waals surface area (Å²) >= 11 is 0. The van der Waals surface area contributed by atoms with Crippen LogP contribution in [0.5, 0.6) is 0 Å². The molecule has 1 heterocycles. The predicted octanol–water partition coefficient (Wildman–Crippen LogP) is 0.465. The zero-order chi connectivity index (χ0) is 5.11.